The molecule has 0 atom stereocenters. The molecule has 5 heterocycles. The van der Waals surface area contributed by atoms with Crippen LogP contribution in [-0.4, -0.2) is 21.2 Å². The van der Waals surface area contributed by atoms with Crippen molar-refractivity contribution in [2.75, 3.05) is 9.80 Å². The van der Waals surface area contributed by atoms with Crippen molar-refractivity contribution in [2.45, 2.75) is 0 Å². The molecule has 0 aliphatic carbocycles. The van der Waals surface area contributed by atoms with Crippen LogP contribution in [0.1, 0.15) is 0 Å². The maximum absolute atomic E-state index is 4.86. The average molecular weight is 1040 g/mol. The number of benzene rings is 11. The summed E-state index contributed by atoms with van der Waals surface area (Å²) in [5, 5.41) is 2.43. The molecule has 5 nitrogen and oxygen atoms in total. The highest BCUT2D eigenvalue weighted by molar-refractivity contribution is 7.00. The van der Waals surface area contributed by atoms with Crippen molar-refractivity contribution in [3.8, 4) is 72.4 Å². The predicted molar refractivity (Wildman–Crippen MR) is 343 cm³/mol. The van der Waals surface area contributed by atoms with Crippen LogP contribution in [0, 0.1) is 0 Å². The second-order valence-corrected chi connectivity index (χ2v) is 21.4. The molecule has 11 aromatic carbocycles. The third kappa shape index (κ3) is 7.95. The van der Waals surface area contributed by atoms with Gasteiger partial charge in [-0.15, -0.1) is 0 Å². The fourth-order valence-electron chi connectivity index (χ4n) is 12.9. The van der Waals surface area contributed by atoms with Crippen molar-refractivity contribution in [1.82, 2.24) is 14.5 Å². The van der Waals surface area contributed by atoms with Crippen molar-refractivity contribution in [3.05, 3.63) is 304 Å². The van der Waals surface area contributed by atoms with E-state index in [1.165, 1.54) is 38.3 Å². The van der Waals surface area contributed by atoms with Gasteiger partial charge < -0.3 is 14.4 Å². The molecule has 0 saturated heterocycles. The van der Waals surface area contributed by atoms with Gasteiger partial charge >= 0.3 is 0 Å². The predicted octanol–water partition coefficient (Wildman–Crippen LogP) is 17.7. The van der Waals surface area contributed by atoms with Crippen molar-refractivity contribution in [3.63, 3.8) is 0 Å². The lowest BCUT2D eigenvalue weighted by Crippen LogP contribution is -2.61. The minimum atomic E-state index is -0.146. The molecule has 0 radical (unpaired) electrons. The number of aromatic nitrogens is 3. The number of hydrogen-bond acceptors (Lipinski definition) is 4. The van der Waals surface area contributed by atoms with Crippen LogP contribution in [0.4, 0.5) is 34.1 Å². The Labute approximate surface area is 477 Å². The van der Waals surface area contributed by atoms with Crippen LogP contribution in [0.25, 0.3) is 94.3 Å². The Kier molecular flexibility index (Phi) is 11.2. The van der Waals surface area contributed by atoms with Crippen LogP contribution in [-0.2, 0) is 0 Å². The van der Waals surface area contributed by atoms with Gasteiger partial charge in [0, 0.05) is 91.9 Å². The van der Waals surface area contributed by atoms with Gasteiger partial charge in [0.05, 0.1) is 16.7 Å². The molecule has 0 fully saturated rings. The van der Waals surface area contributed by atoms with Gasteiger partial charge in [-0.05, 0) is 134 Å². The number of anilines is 6. The second kappa shape index (κ2) is 19.5. The summed E-state index contributed by atoms with van der Waals surface area (Å²) in [5.74, 6) is 0. The number of nitrogens with zero attached hydrogens (tertiary/aromatic N) is 5. The van der Waals surface area contributed by atoms with Crippen molar-refractivity contribution >= 4 is 79.0 Å². The molecule has 0 saturated carbocycles. The highest BCUT2D eigenvalue weighted by Gasteiger charge is 2.44. The highest BCUT2D eigenvalue weighted by atomic mass is 15.2. The summed E-state index contributed by atoms with van der Waals surface area (Å²) in [6.07, 6.45) is 7.94. The van der Waals surface area contributed by atoms with Crippen LogP contribution in [0.3, 0.4) is 0 Å². The molecule has 2 aliphatic heterocycles. The third-order valence-electron chi connectivity index (χ3n) is 16.7. The van der Waals surface area contributed by atoms with E-state index in [-0.39, 0.29) is 6.71 Å². The first kappa shape index (κ1) is 47.2. The van der Waals surface area contributed by atoms with E-state index >= 15 is 0 Å². The summed E-state index contributed by atoms with van der Waals surface area (Å²) < 4.78 is 2.48. The maximum atomic E-state index is 4.86. The molecule has 3 aromatic heterocycles. The van der Waals surface area contributed by atoms with Crippen molar-refractivity contribution in [1.29, 1.82) is 0 Å². The van der Waals surface area contributed by atoms with E-state index in [0.29, 0.717) is 0 Å². The standard InChI is InChI=1S/C76H50BN5/c1-5-17-51(18-6-1)55-29-35-63(36-30-55)80-72-43-57(61-41-59(47-78-49-61)53-21-9-3-10-22-53)33-39-68(72)77-69-40-34-58(62-42-60(48-79-50-62)54-23-11-4-12-24-54)44-73(69)81(64-37-31-56(32-38-64)52-19-7-2-8-20-52)75-46-65(45-74(80)76(75)77)82-70-27-15-13-25-66(70)67-26-14-16-28-71(67)82/h1-50H. The minimum absolute atomic E-state index is 0.146. The molecule has 6 heteroatoms. The monoisotopic (exact) mass is 1040 g/mol. The van der Waals surface area contributed by atoms with E-state index in [1.807, 2.05) is 24.8 Å². The molecule has 16 rings (SSSR count). The fraction of sp³-hybridized carbons (Fsp3) is 0. The number of pyridine rings is 2. The Morgan fingerprint density at radius 1 is 0.244 bits per heavy atom. The Balaban J connectivity index is 0.988. The van der Waals surface area contributed by atoms with E-state index in [1.54, 1.807) is 0 Å². The lowest BCUT2D eigenvalue weighted by atomic mass is 9.33. The largest absolute Gasteiger partial charge is 0.311 e. The van der Waals surface area contributed by atoms with Gasteiger partial charge in [-0.2, -0.15) is 0 Å². The molecule has 0 N–H and O–H groups in total. The molecule has 0 unspecified atom stereocenters. The summed E-state index contributed by atoms with van der Waals surface area (Å²) >= 11 is 0. The van der Waals surface area contributed by atoms with Crippen molar-refractivity contribution in [2.24, 2.45) is 0 Å². The lowest BCUT2D eigenvalue weighted by molar-refractivity contribution is 1.16. The van der Waals surface area contributed by atoms with Gasteiger partial charge in [-0.3, -0.25) is 9.97 Å². The summed E-state index contributed by atoms with van der Waals surface area (Å²) in [6.45, 7) is -0.146. The first-order chi connectivity index (χ1) is 40.7. The summed E-state index contributed by atoms with van der Waals surface area (Å²) in [7, 11) is 0. The van der Waals surface area contributed by atoms with Gasteiger partial charge in [0.1, 0.15) is 0 Å². The number of para-hydroxylation sites is 2. The van der Waals surface area contributed by atoms with E-state index in [4.69, 9.17) is 9.97 Å². The van der Waals surface area contributed by atoms with Gasteiger partial charge in [0.25, 0.3) is 6.71 Å². The second-order valence-electron chi connectivity index (χ2n) is 21.4. The highest BCUT2D eigenvalue weighted by Crippen LogP contribution is 2.48. The molecule has 2 aliphatic rings. The number of fused-ring (bicyclic) bond motifs is 7. The molecular formula is C76H50BN5. The SMILES string of the molecule is c1ccc(-c2ccc(N3c4cc(-c5cncc(-c6ccccc6)c5)ccc4B4c5ccc(-c6cncc(-c7ccccc7)c6)cc5N(c5ccc(-c6ccccc6)cc5)c5cc(-n6c7ccccc7c7ccccc76)cc3c54)cc2)cc1. The smallest absolute Gasteiger partial charge is 0.252 e. The molecule has 14 aromatic rings. The van der Waals surface area contributed by atoms with Gasteiger partial charge in [-0.1, -0.05) is 206 Å². The summed E-state index contributed by atoms with van der Waals surface area (Å²) in [5.41, 5.74) is 27.1. The third-order valence-corrected chi connectivity index (χ3v) is 16.7. The van der Waals surface area contributed by atoms with Crippen LogP contribution in [0.5, 0.6) is 0 Å². The average Bonchev–Trinajstić information content (AvgIpc) is 2.00. The quantitative estimate of drug-likeness (QED) is 0.135. The number of rotatable bonds is 9. The number of hydrogen-bond donors (Lipinski definition) is 0. The summed E-state index contributed by atoms with van der Waals surface area (Å²) in [4.78, 5) is 14.8. The summed E-state index contributed by atoms with van der Waals surface area (Å²) in [6, 6.07) is 102. The molecule has 382 valence electrons. The van der Waals surface area contributed by atoms with Crippen LogP contribution in [0.2, 0.25) is 0 Å². The zero-order valence-corrected chi connectivity index (χ0v) is 44.7. The van der Waals surface area contributed by atoms with Crippen molar-refractivity contribution < 1.29 is 0 Å². The molecule has 0 spiro atoms. The van der Waals surface area contributed by atoms with Gasteiger partial charge in [0.15, 0.2) is 0 Å². The van der Waals surface area contributed by atoms with E-state index < -0.39 is 0 Å². The van der Waals surface area contributed by atoms with E-state index in [2.05, 4.69) is 293 Å². The zero-order valence-electron chi connectivity index (χ0n) is 44.7. The maximum Gasteiger partial charge on any atom is 0.252 e. The van der Waals surface area contributed by atoms with Gasteiger partial charge in [0.2, 0.25) is 0 Å². The van der Waals surface area contributed by atoms with Crippen LogP contribution in [0.15, 0.2) is 304 Å². The Morgan fingerprint density at radius 3 is 0.976 bits per heavy atom. The van der Waals surface area contributed by atoms with Gasteiger partial charge in [-0.25, -0.2) is 0 Å². The molecular weight excluding hydrogens is 994 g/mol. The first-order valence-electron chi connectivity index (χ1n) is 28.0. The minimum Gasteiger partial charge on any atom is -0.311 e. The van der Waals surface area contributed by atoms with E-state index in [9.17, 15) is 0 Å². The molecule has 82 heavy (non-hydrogen) atoms. The lowest BCUT2D eigenvalue weighted by Gasteiger charge is -2.44. The fourth-order valence-corrected chi connectivity index (χ4v) is 12.9. The Morgan fingerprint density at radius 2 is 0.573 bits per heavy atom. The first-order valence-corrected chi connectivity index (χ1v) is 28.0. The van der Waals surface area contributed by atoms with Crippen LogP contribution < -0.4 is 26.2 Å². The Bertz CT molecular complexity index is 4440. The Hall–Kier alpha value is -10.8. The van der Waals surface area contributed by atoms with E-state index in [0.717, 1.165) is 106 Å². The zero-order chi connectivity index (χ0) is 54.1. The molecule has 0 amide bonds. The molecule has 0 bridgehead atoms. The topological polar surface area (TPSA) is 37.2 Å². The van der Waals surface area contributed by atoms with Crippen LogP contribution >= 0.6 is 0 Å². The normalized spacial score (nSPS) is 12.3.